The van der Waals surface area contributed by atoms with Gasteiger partial charge in [0.2, 0.25) is 0 Å². The molecule has 1 aromatic heterocycles. The molecule has 1 unspecified atom stereocenters. The van der Waals surface area contributed by atoms with E-state index in [4.69, 9.17) is 10.5 Å². The lowest BCUT2D eigenvalue weighted by Crippen LogP contribution is -2.30. The average Bonchev–Trinajstić information content (AvgIpc) is 2.19. The minimum absolute atomic E-state index is 0.154. The molecule has 1 atom stereocenters. The maximum atomic E-state index is 5.81. The number of rotatable bonds is 1. The molecule has 0 aromatic carbocycles. The maximum absolute atomic E-state index is 5.81. The second kappa shape index (κ2) is 3.58. The molecule has 2 rings (SSSR count). The highest BCUT2D eigenvalue weighted by molar-refractivity contribution is 5.31. The van der Waals surface area contributed by atoms with Crippen LogP contribution in [0.25, 0.3) is 0 Å². The Kier molecular flexibility index (Phi) is 2.42. The fourth-order valence-corrected chi connectivity index (χ4v) is 1.88. The van der Waals surface area contributed by atoms with Crippen LogP contribution in [0.3, 0.4) is 0 Å². The van der Waals surface area contributed by atoms with Crippen molar-refractivity contribution >= 4 is 5.82 Å². The Morgan fingerprint density at radius 1 is 1.43 bits per heavy atom. The summed E-state index contributed by atoms with van der Waals surface area (Å²) >= 11 is 0. The number of nitrogen functional groups attached to an aromatic ring is 1. The summed E-state index contributed by atoms with van der Waals surface area (Å²) in [6, 6.07) is 3.84. The van der Waals surface area contributed by atoms with Crippen molar-refractivity contribution in [2.75, 3.05) is 12.3 Å². The zero-order chi connectivity index (χ0) is 10.0. The van der Waals surface area contributed by atoms with Crippen LogP contribution in [-0.4, -0.2) is 11.6 Å². The number of nitrogens with two attached hydrogens (primary N) is 1. The zero-order valence-corrected chi connectivity index (χ0v) is 8.49. The average molecular weight is 192 g/mol. The van der Waals surface area contributed by atoms with E-state index < -0.39 is 0 Å². The Morgan fingerprint density at radius 3 is 2.86 bits per heavy atom. The molecule has 2 N–H and O–H groups in total. The third-order valence-corrected chi connectivity index (χ3v) is 2.87. The Hall–Kier alpha value is -1.09. The first-order valence-corrected chi connectivity index (χ1v) is 5.07. The molecule has 3 heteroatoms. The topological polar surface area (TPSA) is 48.1 Å². The van der Waals surface area contributed by atoms with Crippen LogP contribution in [0.15, 0.2) is 18.3 Å². The van der Waals surface area contributed by atoms with Crippen LogP contribution in [0.4, 0.5) is 5.82 Å². The van der Waals surface area contributed by atoms with Crippen molar-refractivity contribution in [2.45, 2.75) is 31.8 Å². The second-order valence-corrected chi connectivity index (χ2v) is 4.01. The minimum atomic E-state index is -0.154. The molecular weight excluding hydrogens is 176 g/mol. The van der Waals surface area contributed by atoms with Gasteiger partial charge in [-0.1, -0.05) is 6.07 Å². The van der Waals surface area contributed by atoms with Crippen LogP contribution < -0.4 is 5.73 Å². The van der Waals surface area contributed by atoms with Crippen LogP contribution in [0.2, 0.25) is 0 Å². The van der Waals surface area contributed by atoms with Crippen molar-refractivity contribution in [3.05, 3.63) is 23.9 Å². The zero-order valence-electron chi connectivity index (χ0n) is 8.49. The Bertz CT molecular complexity index is 302. The van der Waals surface area contributed by atoms with Gasteiger partial charge in [0.25, 0.3) is 0 Å². The van der Waals surface area contributed by atoms with Crippen molar-refractivity contribution in [3.8, 4) is 0 Å². The monoisotopic (exact) mass is 192 g/mol. The first kappa shape index (κ1) is 9.46. The lowest BCUT2D eigenvalue weighted by molar-refractivity contribution is -0.0703. The predicted octanol–water partition coefficient (Wildman–Crippen LogP) is 2.08. The number of hydrogen-bond donors (Lipinski definition) is 1. The quantitative estimate of drug-likeness (QED) is 0.741. The molecule has 0 radical (unpaired) electrons. The molecule has 0 saturated carbocycles. The second-order valence-electron chi connectivity index (χ2n) is 4.01. The normalized spacial score (nSPS) is 27.5. The molecule has 1 saturated heterocycles. The van der Waals surface area contributed by atoms with Crippen LogP contribution in [-0.2, 0) is 10.3 Å². The largest absolute Gasteiger partial charge is 0.384 e. The number of nitrogens with zero attached hydrogens (tertiary/aromatic N) is 1. The standard InChI is InChI=1S/C11H16N2O/c1-11(6-2-3-7-14-11)9-4-5-10(12)13-8-9/h4-5,8H,2-3,6-7H2,1H3,(H2,12,13). The van der Waals surface area contributed by atoms with Gasteiger partial charge in [-0.2, -0.15) is 0 Å². The van der Waals surface area contributed by atoms with Gasteiger partial charge in [0.05, 0.1) is 5.60 Å². The lowest BCUT2D eigenvalue weighted by Gasteiger charge is -2.34. The molecule has 0 bridgehead atoms. The van der Waals surface area contributed by atoms with Gasteiger partial charge >= 0.3 is 0 Å². The summed E-state index contributed by atoms with van der Waals surface area (Å²) in [5, 5.41) is 0. The summed E-state index contributed by atoms with van der Waals surface area (Å²) in [6.07, 6.45) is 5.28. The van der Waals surface area contributed by atoms with Gasteiger partial charge in [0.1, 0.15) is 5.82 Å². The van der Waals surface area contributed by atoms with Crippen LogP contribution in [0.5, 0.6) is 0 Å². The highest BCUT2D eigenvalue weighted by Gasteiger charge is 2.29. The van der Waals surface area contributed by atoms with Gasteiger partial charge in [-0.25, -0.2) is 4.98 Å². The van der Waals surface area contributed by atoms with Crippen LogP contribution in [0, 0.1) is 0 Å². The van der Waals surface area contributed by atoms with Gasteiger partial charge in [0, 0.05) is 18.4 Å². The van der Waals surface area contributed by atoms with E-state index in [0.717, 1.165) is 25.0 Å². The molecule has 76 valence electrons. The van der Waals surface area contributed by atoms with Crippen molar-refractivity contribution in [2.24, 2.45) is 0 Å². The van der Waals surface area contributed by atoms with Gasteiger partial charge in [-0.15, -0.1) is 0 Å². The third kappa shape index (κ3) is 1.73. The molecule has 0 spiro atoms. The first-order valence-electron chi connectivity index (χ1n) is 5.07. The molecule has 0 aliphatic carbocycles. The fraction of sp³-hybridized carbons (Fsp3) is 0.545. The van der Waals surface area contributed by atoms with Gasteiger partial charge in [-0.3, -0.25) is 0 Å². The van der Waals surface area contributed by atoms with E-state index >= 15 is 0 Å². The Balaban J connectivity index is 2.23. The first-order chi connectivity index (χ1) is 6.71. The molecule has 1 aliphatic heterocycles. The van der Waals surface area contributed by atoms with Crippen molar-refractivity contribution in [1.29, 1.82) is 0 Å². The van der Waals surface area contributed by atoms with Gasteiger partial charge in [0.15, 0.2) is 0 Å². The Labute approximate surface area is 84.3 Å². The highest BCUT2D eigenvalue weighted by atomic mass is 16.5. The van der Waals surface area contributed by atoms with E-state index in [2.05, 4.69) is 11.9 Å². The molecule has 1 fully saturated rings. The van der Waals surface area contributed by atoms with Gasteiger partial charge < -0.3 is 10.5 Å². The van der Waals surface area contributed by atoms with E-state index in [1.165, 1.54) is 6.42 Å². The number of ether oxygens (including phenoxy) is 1. The van der Waals surface area contributed by atoms with Crippen LogP contribution >= 0.6 is 0 Å². The Morgan fingerprint density at radius 2 is 2.29 bits per heavy atom. The summed E-state index contributed by atoms with van der Waals surface area (Å²) in [4.78, 5) is 4.10. The molecular formula is C11H16N2O. The van der Waals surface area contributed by atoms with Crippen molar-refractivity contribution in [3.63, 3.8) is 0 Å². The smallest absolute Gasteiger partial charge is 0.123 e. The lowest BCUT2D eigenvalue weighted by atomic mass is 9.89. The molecule has 14 heavy (non-hydrogen) atoms. The van der Waals surface area contributed by atoms with E-state index in [9.17, 15) is 0 Å². The number of anilines is 1. The number of aromatic nitrogens is 1. The van der Waals surface area contributed by atoms with Crippen molar-refractivity contribution in [1.82, 2.24) is 4.98 Å². The van der Waals surface area contributed by atoms with E-state index in [-0.39, 0.29) is 5.60 Å². The molecule has 3 nitrogen and oxygen atoms in total. The summed E-state index contributed by atoms with van der Waals surface area (Å²) in [5.41, 5.74) is 6.52. The van der Waals surface area contributed by atoms with E-state index in [1.807, 2.05) is 18.3 Å². The van der Waals surface area contributed by atoms with Crippen molar-refractivity contribution < 1.29 is 4.74 Å². The summed E-state index contributed by atoms with van der Waals surface area (Å²) in [5.74, 6) is 0.563. The van der Waals surface area contributed by atoms with E-state index in [1.54, 1.807) is 0 Å². The number of hydrogen-bond acceptors (Lipinski definition) is 3. The van der Waals surface area contributed by atoms with Crippen LogP contribution in [0.1, 0.15) is 31.7 Å². The predicted molar refractivity (Wildman–Crippen MR) is 55.8 cm³/mol. The highest BCUT2D eigenvalue weighted by Crippen LogP contribution is 2.34. The molecule has 1 aromatic rings. The molecule has 1 aliphatic rings. The summed E-state index contributed by atoms with van der Waals surface area (Å²) < 4.78 is 5.81. The molecule has 2 heterocycles. The minimum Gasteiger partial charge on any atom is -0.384 e. The molecule has 0 amide bonds. The third-order valence-electron chi connectivity index (χ3n) is 2.87. The summed E-state index contributed by atoms with van der Waals surface area (Å²) in [6.45, 7) is 2.97. The maximum Gasteiger partial charge on any atom is 0.123 e. The van der Waals surface area contributed by atoms with Gasteiger partial charge in [-0.05, 0) is 32.3 Å². The van der Waals surface area contributed by atoms with E-state index in [0.29, 0.717) is 5.82 Å². The number of pyridine rings is 1. The SMILES string of the molecule is CC1(c2ccc(N)nc2)CCCCO1. The summed E-state index contributed by atoms with van der Waals surface area (Å²) in [7, 11) is 0. The fourth-order valence-electron chi connectivity index (χ4n) is 1.88.